The van der Waals surface area contributed by atoms with Crippen LogP contribution in [-0.4, -0.2) is 45.5 Å². The number of hydrogen-bond donors (Lipinski definition) is 2. The highest BCUT2D eigenvalue weighted by atomic mass is 16.1. The van der Waals surface area contributed by atoms with Crippen molar-refractivity contribution in [1.29, 1.82) is 0 Å². The van der Waals surface area contributed by atoms with E-state index in [1.807, 2.05) is 13.0 Å². The fraction of sp³-hybridized carbons (Fsp3) is 0.500. The van der Waals surface area contributed by atoms with Crippen LogP contribution in [0.15, 0.2) is 24.8 Å². The Bertz CT molecular complexity index is 634. The number of aryl methyl sites for hydroxylation is 1. The Morgan fingerprint density at radius 1 is 1.43 bits per heavy atom. The van der Waals surface area contributed by atoms with Crippen LogP contribution in [0.2, 0.25) is 0 Å². The molecule has 122 valence electrons. The van der Waals surface area contributed by atoms with Gasteiger partial charge in [0, 0.05) is 55.8 Å². The first-order chi connectivity index (χ1) is 11.2. The quantitative estimate of drug-likeness (QED) is 0.862. The second-order valence-electron chi connectivity index (χ2n) is 5.88. The van der Waals surface area contributed by atoms with Crippen molar-refractivity contribution in [2.45, 2.75) is 26.2 Å². The van der Waals surface area contributed by atoms with E-state index in [2.05, 4.69) is 30.2 Å². The summed E-state index contributed by atoms with van der Waals surface area (Å²) in [6.45, 7) is 4.25. The second-order valence-corrected chi connectivity index (χ2v) is 5.88. The number of nitrogens with zero attached hydrogens (tertiary/aromatic N) is 4. The average Bonchev–Trinajstić information content (AvgIpc) is 3.08. The third kappa shape index (κ3) is 4.06. The van der Waals surface area contributed by atoms with Crippen molar-refractivity contribution in [2.75, 3.05) is 24.5 Å². The predicted molar refractivity (Wildman–Crippen MR) is 87.0 cm³/mol. The Hall–Kier alpha value is -2.44. The zero-order valence-corrected chi connectivity index (χ0v) is 13.3. The van der Waals surface area contributed by atoms with Gasteiger partial charge in [-0.1, -0.05) is 0 Å². The van der Waals surface area contributed by atoms with E-state index >= 15 is 0 Å². The molecule has 1 aliphatic rings. The Labute approximate surface area is 135 Å². The van der Waals surface area contributed by atoms with Crippen LogP contribution < -0.4 is 10.2 Å². The predicted octanol–water partition coefficient (Wildman–Crippen LogP) is 1.08. The highest BCUT2D eigenvalue weighted by molar-refractivity contribution is 5.78. The minimum atomic E-state index is 0.0813. The van der Waals surface area contributed by atoms with Gasteiger partial charge in [0.2, 0.25) is 11.9 Å². The third-order valence-electron chi connectivity index (χ3n) is 4.18. The second kappa shape index (κ2) is 7.21. The monoisotopic (exact) mass is 314 g/mol. The normalized spacial score (nSPS) is 15.6. The first-order valence-corrected chi connectivity index (χ1v) is 8.02. The van der Waals surface area contributed by atoms with Gasteiger partial charge in [0.1, 0.15) is 0 Å². The van der Waals surface area contributed by atoms with Crippen LogP contribution in [-0.2, 0) is 11.2 Å². The highest BCUT2D eigenvalue weighted by Gasteiger charge is 2.25. The van der Waals surface area contributed by atoms with E-state index in [-0.39, 0.29) is 11.8 Å². The van der Waals surface area contributed by atoms with Crippen LogP contribution in [0.5, 0.6) is 0 Å². The SMILES string of the molecule is Cc1ccnc(N2CCC(C(=O)NCCc3cnc[nH]3)CC2)n1. The van der Waals surface area contributed by atoms with Crippen molar-refractivity contribution < 1.29 is 4.79 Å². The number of anilines is 1. The molecular formula is C16H22N6O. The first kappa shape index (κ1) is 15.5. The van der Waals surface area contributed by atoms with E-state index in [4.69, 9.17) is 0 Å². The highest BCUT2D eigenvalue weighted by Crippen LogP contribution is 2.20. The molecule has 23 heavy (non-hydrogen) atoms. The van der Waals surface area contributed by atoms with Crippen molar-refractivity contribution in [2.24, 2.45) is 5.92 Å². The molecule has 1 aliphatic heterocycles. The van der Waals surface area contributed by atoms with E-state index in [0.29, 0.717) is 6.54 Å². The lowest BCUT2D eigenvalue weighted by atomic mass is 9.96. The Morgan fingerprint density at radius 3 is 2.96 bits per heavy atom. The van der Waals surface area contributed by atoms with Gasteiger partial charge in [-0.25, -0.2) is 15.0 Å². The molecule has 7 nitrogen and oxygen atoms in total. The number of nitrogens with one attached hydrogen (secondary N) is 2. The molecule has 3 rings (SSSR count). The van der Waals surface area contributed by atoms with E-state index in [0.717, 1.165) is 49.7 Å². The topological polar surface area (TPSA) is 86.8 Å². The van der Waals surface area contributed by atoms with Gasteiger partial charge < -0.3 is 15.2 Å². The minimum Gasteiger partial charge on any atom is -0.355 e. The molecule has 3 heterocycles. The Kier molecular flexibility index (Phi) is 4.85. The minimum absolute atomic E-state index is 0.0813. The number of imidazole rings is 1. The van der Waals surface area contributed by atoms with Crippen molar-refractivity contribution >= 4 is 11.9 Å². The summed E-state index contributed by atoms with van der Waals surface area (Å²) >= 11 is 0. The summed E-state index contributed by atoms with van der Waals surface area (Å²) in [7, 11) is 0. The summed E-state index contributed by atoms with van der Waals surface area (Å²) in [5.74, 6) is 0.996. The molecular weight excluding hydrogens is 292 g/mol. The molecule has 0 bridgehead atoms. The van der Waals surface area contributed by atoms with Crippen molar-refractivity contribution in [1.82, 2.24) is 25.3 Å². The maximum absolute atomic E-state index is 12.2. The number of piperidine rings is 1. The summed E-state index contributed by atoms with van der Waals surface area (Å²) in [4.78, 5) is 30.2. The van der Waals surface area contributed by atoms with Crippen LogP contribution >= 0.6 is 0 Å². The number of aromatic nitrogens is 4. The number of amides is 1. The van der Waals surface area contributed by atoms with Gasteiger partial charge in [-0.3, -0.25) is 4.79 Å². The molecule has 0 saturated carbocycles. The van der Waals surface area contributed by atoms with Crippen molar-refractivity contribution in [3.8, 4) is 0 Å². The Balaban J connectivity index is 1.44. The van der Waals surface area contributed by atoms with Crippen LogP contribution in [0, 0.1) is 12.8 Å². The van der Waals surface area contributed by atoms with E-state index < -0.39 is 0 Å². The molecule has 7 heteroatoms. The van der Waals surface area contributed by atoms with Crippen molar-refractivity contribution in [3.05, 3.63) is 36.2 Å². The maximum atomic E-state index is 12.2. The van der Waals surface area contributed by atoms with Crippen LogP contribution in [0.25, 0.3) is 0 Å². The molecule has 0 spiro atoms. The summed E-state index contributed by atoms with van der Waals surface area (Å²) in [5, 5.41) is 3.02. The summed E-state index contributed by atoms with van der Waals surface area (Å²) in [6.07, 6.45) is 7.68. The standard InChI is InChI=1S/C16H22N6O/c1-12-2-6-19-16(21-12)22-8-4-13(5-9-22)15(23)18-7-3-14-10-17-11-20-14/h2,6,10-11,13H,3-5,7-9H2,1H3,(H,17,20)(H,18,23). The van der Waals surface area contributed by atoms with Crippen LogP contribution in [0.4, 0.5) is 5.95 Å². The lowest BCUT2D eigenvalue weighted by Gasteiger charge is -2.31. The maximum Gasteiger partial charge on any atom is 0.225 e. The van der Waals surface area contributed by atoms with E-state index in [9.17, 15) is 4.79 Å². The number of H-pyrrole nitrogens is 1. The summed E-state index contributed by atoms with van der Waals surface area (Å²) < 4.78 is 0. The molecule has 2 aromatic rings. The summed E-state index contributed by atoms with van der Waals surface area (Å²) in [6, 6.07) is 1.89. The van der Waals surface area contributed by atoms with Crippen molar-refractivity contribution in [3.63, 3.8) is 0 Å². The average molecular weight is 314 g/mol. The third-order valence-corrected chi connectivity index (χ3v) is 4.18. The van der Waals surface area contributed by atoms with Gasteiger partial charge in [0.25, 0.3) is 0 Å². The van der Waals surface area contributed by atoms with Crippen LogP contribution in [0.3, 0.4) is 0 Å². The van der Waals surface area contributed by atoms with Gasteiger partial charge in [0.05, 0.1) is 6.33 Å². The van der Waals surface area contributed by atoms with Gasteiger partial charge in [0.15, 0.2) is 0 Å². The molecule has 1 fully saturated rings. The molecule has 0 aromatic carbocycles. The molecule has 1 saturated heterocycles. The fourth-order valence-electron chi connectivity index (χ4n) is 2.82. The van der Waals surface area contributed by atoms with E-state index in [1.165, 1.54) is 0 Å². The fourth-order valence-corrected chi connectivity index (χ4v) is 2.82. The molecule has 0 atom stereocenters. The number of carbonyl (C=O) groups is 1. The number of hydrogen-bond acceptors (Lipinski definition) is 5. The molecule has 0 radical (unpaired) electrons. The molecule has 1 amide bonds. The zero-order valence-electron chi connectivity index (χ0n) is 13.3. The van der Waals surface area contributed by atoms with Gasteiger partial charge in [-0.05, 0) is 25.8 Å². The molecule has 0 aliphatic carbocycles. The Morgan fingerprint density at radius 2 is 2.26 bits per heavy atom. The number of rotatable bonds is 5. The van der Waals surface area contributed by atoms with Crippen LogP contribution in [0.1, 0.15) is 24.2 Å². The number of carbonyl (C=O) groups excluding carboxylic acids is 1. The molecule has 2 aromatic heterocycles. The van der Waals surface area contributed by atoms with Gasteiger partial charge in [-0.15, -0.1) is 0 Å². The van der Waals surface area contributed by atoms with Gasteiger partial charge in [-0.2, -0.15) is 0 Å². The smallest absolute Gasteiger partial charge is 0.225 e. The molecule has 0 unspecified atom stereocenters. The largest absolute Gasteiger partial charge is 0.355 e. The zero-order chi connectivity index (χ0) is 16.1. The molecule has 2 N–H and O–H groups in total. The van der Waals surface area contributed by atoms with Gasteiger partial charge >= 0.3 is 0 Å². The van der Waals surface area contributed by atoms with E-state index in [1.54, 1.807) is 18.7 Å². The lowest BCUT2D eigenvalue weighted by Crippen LogP contribution is -2.41. The number of aromatic amines is 1. The first-order valence-electron chi connectivity index (χ1n) is 8.02. The summed E-state index contributed by atoms with van der Waals surface area (Å²) in [5.41, 5.74) is 2.00. The lowest BCUT2D eigenvalue weighted by molar-refractivity contribution is -0.125.